The van der Waals surface area contributed by atoms with Crippen molar-refractivity contribution in [1.29, 1.82) is 0 Å². The van der Waals surface area contributed by atoms with Crippen molar-refractivity contribution in [1.82, 2.24) is 14.5 Å². The third kappa shape index (κ3) is 3.33. The average Bonchev–Trinajstić information content (AvgIpc) is 3.47. The lowest BCUT2D eigenvalue weighted by Gasteiger charge is -2.09. The van der Waals surface area contributed by atoms with E-state index >= 15 is 0 Å². The van der Waals surface area contributed by atoms with E-state index in [2.05, 4.69) is 15.3 Å². The van der Waals surface area contributed by atoms with Crippen LogP contribution in [0, 0.1) is 0 Å². The highest BCUT2D eigenvalue weighted by Gasteiger charge is 2.28. The van der Waals surface area contributed by atoms with Gasteiger partial charge in [0.05, 0.1) is 10.9 Å². The summed E-state index contributed by atoms with van der Waals surface area (Å²) < 4.78 is 7.13. The summed E-state index contributed by atoms with van der Waals surface area (Å²) in [6, 6.07) is 12.2. The minimum atomic E-state index is -0.530. The van der Waals surface area contributed by atoms with Gasteiger partial charge in [0.2, 0.25) is 5.91 Å². The van der Waals surface area contributed by atoms with Crippen molar-refractivity contribution in [3.63, 3.8) is 0 Å². The lowest BCUT2D eigenvalue weighted by molar-refractivity contribution is -0.116. The van der Waals surface area contributed by atoms with Crippen molar-refractivity contribution in [2.45, 2.75) is 31.7 Å². The van der Waals surface area contributed by atoms with Crippen LogP contribution < -0.4 is 16.6 Å². The van der Waals surface area contributed by atoms with E-state index in [9.17, 15) is 14.4 Å². The molecule has 0 unspecified atom stereocenters. The Morgan fingerprint density at radius 2 is 2.03 bits per heavy atom. The molecular weight excluding hydrogens is 372 g/mol. The van der Waals surface area contributed by atoms with Gasteiger partial charge in [-0.3, -0.25) is 19.1 Å². The summed E-state index contributed by atoms with van der Waals surface area (Å²) in [5, 5.41) is 3.24. The van der Waals surface area contributed by atoms with E-state index in [0.717, 1.165) is 18.7 Å². The van der Waals surface area contributed by atoms with Crippen LogP contribution in [0.15, 0.2) is 56.5 Å². The molecule has 0 spiro atoms. The second-order valence-corrected chi connectivity index (χ2v) is 7.24. The van der Waals surface area contributed by atoms with E-state index in [4.69, 9.17) is 4.42 Å². The van der Waals surface area contributed by atoms with Gasteiger partial charge in [-0.1, -0.05) is 12.1 Å². The maximum atomic E-state index is 12.4. The number of oxazole rings is 1. The molecule has 2 heterocycles. The van der Waals surface area contributed by atoms with Crippen molar-refractivity contribution in [3.8, 4) is 0 Å². The summed E-state index contributed by atoms with van der Waals surface area (Å²) in [5.41, 5.74) is 1.59. The van der Waals surface area contributed by atoms with E-state index in [1.165, 1.54) is 4.57 Å². The number of hydrogen-bond donors (Lipinski definition) is 2. The quantitative estimate of drug-likeness (QED) is 0.544. The molecule has 2 aromatic heterocycles. The molecule has 5 rings (SSSR count). The van der Waals surface area contributed by atoms with Gasteiger partial charge in [0.25, 0.3) is 5.56 Å². The predicted octanol–water partition coefficient (Wildman–Crippen LogP) is 2.74. The zero-order valence-corrected chi connectivity index (χ0v) is 15.5. The smallest absolute Gasteiger partial charge is 0.328 e. The number of aromatic amines is 1. The van der Waals surface area contributed by atoms with Crippen LogP contribution in [0.1, 0.15) is 31.1 Å². The summed E-state index contributed by atoms with van der Waals surface area (Å²) in [7, 11) is 0. The summed E-state index contributed by atoms with van der Waals surface area (Å²) in [4.78, 5) is 43.3. The first-order valence-corrected chi connectivity index (χ1v) is 9.51. The lowest BCUT2D eigenvalue weighted by atomic mass is 10.2. The Kier molecular flexibility index (Phi) is 4.04. The second-order valence-electron chi connectivity index (χ2n) is 7.24. The standard InChI is InChI=1S/C21H18N4O4/c26-18(9-10-25-16-4-2-1-3-14(16)19(27)24-21(25)28)22-13-7-8-17-15(11-13)23-20(29-17)12-5-6-12/h1-4,7-8,11-12H,5-6,9-10H2,(H,22,26)(H,24,27,28). The monoisotopic (exact) mass is 390 g/mol. The van der Waals surface area contributed by atoms with Crippen LogP contribution >= 0.6 is 0 Å². The summed E-state index contributed by atoms with van der Waals surface area (Å²) in [6.07, 6.45) is 2.30. The Balaban J connectivity index is 1.33. The number of aromatic nitrogens is 3. The van der Waals surface area contributed by atoms with Crippen LogP contribution in [-0.4, -0.2) is 20.4 Å². The third-order valence-electron chi connectivity index (χ3n) is 5.08. The lowest BCUT2D eigenvalue weighted by Crippen LogP contribution is -2.31. The van der Waals surface area contributed by atoms with E-state index in [1.54, 1.807) is 42.5 Å². The van der Waals surface area contributed by atoms with E-state index in [-0.39, 0.29) is 18.9 Å². The Morgan fingerprint density at radius 3 is 2.86 bits per heavy atom. The fraction of sp³-hybridized carbons (Fsp3) is 0.238. The zero-order valence-electron chi connectivity index (χ0n) is 15.5. The highest BCUT2D eigenvalue weighted by Crippen LogP contribution is 2.40. The van der Waals surface area contributed by atoms with Gasteiger partial charge in [-0.2, -0.15) is 0 Å². The van der Waals surface area contributed by atoms with Gasteiger partial charge in [-0.25, -0.2) is 9.78 Å². The molecule has 0 saturated heterocycles. The van der Waals surface area contributed by atoms with Crippen molar-refractivity contribution in [2.24, 2.45) is 0 Å². The molecule has 146 valence electrons. The zero-order chi connectivity index (χ0) is 20.0. The molecule has 0 bridgehead atoms. The molecular formula is C21H18N4O4. The van der Waals surface area contributed by atoms with Crippen molar-refractivity contribution in [2.75, 3.05) is 5.32 Å². The predicted molar refractivity (Wildman–Crippen MR) is 108 cm³/mol. The number of aryl methyl sites for hydroxylation is 1. The van der Waals surface area contributed by atoms with E-state index in [1.807, 2.05) is 0 Å². The first-order chi connectivity index (χ1) is 14.1. The maximum absolute atomic E-state index is 12.4. The Hall–Kier alpha value is -3.68. The summed E-state index contributed by atoms with van der Waals surface area (Å²) in [5.74, 6) is 0.941. The molecule has 0 atom stereocenters. The van der Waals surface area contributed by atoms with Crippen molar-refractivity contribution >= 4 is 33.6 Å². The number of carbonyl (C=O) groups is 1. The Bertz CT molecular complexity index is 1360. The number of H-pyrrole nitrogens is 1. The molecule has 0 aliphatic heterocycles. The minimum Gasteiger partial charge on any atom is -0.440 e. The van der Waals surface area contributed by atoms with Gasteiger partial charge in [-0.15, -0.1) is 0 Å². The molecule has 8 nitrogen and oxygen atoms in total. The number of anilines is 1. The number of carbonyl (C=O) groups excluding carboxylic acids is 1. The van der Waals surface area contributed by atoms with Gasteiger partial charge >= 0.3 is 5.69 Å². The molecule has 1 amide bonds. The third-order valence-corrected chi connectivity index (χ3v) is 5.08. The Morgan fingerprint density at radius 1 is 1.21 bits per heavy atom. The fourth-order valence-electron chi connectivity index (χ4n) is 3.43. The SMILES string of the molecule is O=C(CCn1c(=O)[nH]c(=O)c2ccccc21)Nc1ccc2oc(C3CC3)nc2c1. The van der Waals surface area contributed by atoms with Gasteiger partial charge in [0, 0.05) is 24.6 Å². The first kappa shape index (κ1) is 17.4. The van der Waals surface area contributed by atoms with Crippen LogP contribution in [0.4, 0.5) is 5.69 Å². The fourth-order valence-corrected chi connectivity index (χ4v) is 3.43. The van der Waals surface area contributed by atoms with Crippen molar-refractivity contribution in [3.05, 3.63) is 69.2 Å². The molecule has 2 N–H and O–H groups in total. The average molecular weight is 390 g/mol. The van der Waals surface area contributed by atoms with Crippen LogP contribution in [0.5, 0.6) is 0 Å². The molecule has 8 heteroatoms. The Labute approximate surface area is 164 Å². The van der Waals surface area contributed by atoms with Crippen LogP contribution in [-0.2, 0) is 11.3 Å². The summed E-state index contributed by atoms with van der Waals surface area (Å²) >= 11 is 0. The van der Waals surface area contributed by atoms with Gasteiger partial charge in [0.1, 0.15) is 5.52 Å². The highest BCUT2D eigenvalue weighted by molar-refractivity contribution is 5.92. The molecule has 29 heavy (non-hydrogen) atoms. The molecule has 1 fully saturated rings. The molecule has 1 aliphatic carbocycles. The van der Waals surface area contributed by atoms with Crippen molar-refractivity contribution < 1.29 is 9.21 Å². The first-order valence-electron chi connectivity index (χ1n) is 9.51. The number of hydrogen-bond acceptors (Lipinski definition) is 5. The van der Waals surface area contributed by atoms with E-state index in [0.29, 0.717) is 33.6 Å². The normalized spacial score (nSPS) is 13.8. The van der Waals surface area contributed by atoms with E-state index < -0.39 is 11.2 Å². The molecule has 4 aromatic rings. The van der Waals surface area contributed by atoms with Crippen LogP contribution in [0.2, 0.25) is 0 Å². The minimum absolute atomic E-state index is 0.0835. The van der Waals surface area contributed by atoms with Crippen LogP contribution in [0.3, 0.4) is 0 Å². The number of rotatable bonds is 5. The van der Waals surface area contributed by atoms with Gasteiger partial charge < -0.3 is 9.73 Å². The molecule has 1 aliphatic rings. The van der Waals surface area contributed by atoms with Gasteiger partial charge in [0.15, 0.2) is 11.5 Å². The second kappa shape index (κ2) is 6.73. The largest absolute Gasteiger partial charge is 0.440 e. The number of nitrogens with one attached hydrogen (secondary N) is 2. The number of para-hydroxylation sites is 1. The highest BCUT2D eigenvalue weighted by atomic mass is 16.3. The molecule has 1 saturated carbocycles. The number of fused-ring (bicyclic) bond motifs is 2. The molecule has 0 radical (unpaired) electrons. The molecule has 2 aromatic carbocycles. The van der Waals surface area contributed by atoms with Gasteiger partial charge in [-0.05, 0) is 43.2 Å². The topological polar surface area (TPSA) is 110 Å². The summed E-state index contributed by atoms with van der Waals surface area (Å²) in [6.45, 7) is 0.153. The van der Waals surface area contributed by atoms with Crippen LogP contribution in [0.25, 0.3) is 22.0 Å². The number of benzene rings is 2. The maximum Gasteiger partial charge on any atom is 0.328 e. The number of nitrogens with zero attached hydrogens (tertiary/aromatic N) is 2. The number of amides is 1.